The summed E-state index contributed by atoms with van der Waals surface area (Å²) in [6.45, 7) is 5.09. The second-order valence-corrected chi connectivity index (χ2v) is 6.30. The molecule has 128 valence electrons. The number of alkyl carbamates (subject to hydrolysis) is 1. The van der Waals surface area contributed by atoms with Gasteiger partial charge in [0.2, 0.25) is 0 Å². The Labute approximate surface area is 138 Å². The van der Waals surface area contributed by atoms with Crippen molar-refractivity contribution in [3.8, 4) is 11.8 Å². The van der Waals surface area contributed by atoms with E-state index in [0.29, 0.717) is 5.75 Å². The van der Waals surface area contributed by atoms with Gasteiger partial charge < -0.3 is 20.1 Å². The number of nitriles is 1. The number of nitrogens with zero attached hydrogens (tertiary/aromatic N) is 1. The third kappa shape index (κ3) is 4.59. The van der Waals surface area contributed by atoms with Crippen molar-refractivity contribution < 1.29 is 23.5 Å². The van der Waals surface area contributed by atoms with Crippen LogP contribution in [-0.2, 0) is 9.53 Å². The Morgan fingerprint density at radius 3 is 2.88 bits per heavy atom. The number of carbonyl (C=O) groups is 2. The molecular formula is C16H18FN3O4. The molecule has 0 aromatic heterocycles. The topological polar surface area (TPSA) is 100 Å². The molecule has 0 aliphatic carbocycles. The van der Waals surface area contributed by atoms with Crippen molar-refractivity contribution >= 4 is 17.7 Å². The van der Waals surface area contributed by atoms with E-state index < -0.39 is 35.6 Å². The van der Waals surface area contributed by atoms with Crippen molar-refractivity contribution in [1.29, 1.82) is 5.26 Å². The lowest BCUT2D eigenvalue weighted by atomic mass is 10.1. The Morgan fingerprint density at radius 1 is 1.54 bits per heavy atom. The molecule has 24 heavy (non-hydrogen) atoms. The highest BCUT2D eigenvalue weighted by Crippen LogP contribution is 2.31. The Hall–Kier alpha value is -2.82. The van der Waals surface area contributed by atoms with Crippen molar-refractivity contribution in [3.05, 3.63) is 24.0 Å². The minimum atomic E-state index is -0.984. The van der Waals surface area contributed by atoms with Gasteiger partial charge in [-0.1, -0.05) is 0 Å². The first kappa shape index (κ1) is 17.5. The van der Waals surface area contributed by atoms with Crippen LogP contribution in [0.15, 0.2) is 18.2 Å². The number of benzene rings is 1. The lowest BCUT2D eigenvalue weighted by Gasteiger charge is -2.27. The van der Waals surface area contributed by atoms with E-state index in [-0.39, 0.29) is 12.1 Å². The zero-order valence-corrected chi connectivity index (χ0v) is 13.6. The second-order valence-electron chi connectivity index (χ2n) is 6.30. The summed E-state index contributed by atoms with van der Waals surface area (Å²) in [6, 6.07) is 4.65. The van der Waals surface area contributed by atoms with Gasteiger partial charge in [0.15, 0.2) is 6.10 Å². The van der Waals surface area contributed by atoms with Crippen LogP contribution in [0.5, 0.6) is 5.75 Å². The molecule has 2 N–H and O–H groups in total. The number of amides is 2. The lowest BCUT2D eigenvalue weighted by molar-refractivity contribution is -0.123. The van der Waals surface area contributed by atoms with Gasteiger partial charge in [-0.15, -0.1) is 0 Å². The maximum atomic E-state index is 13.2. The molecule has 1 heterocycles. The maximum Gasteiger partial charge on any atom is 0.408 e. The van der Waals surface area contributed by atoms with Gasteiger partial charge in [0.1, 0.15) is 23.2 Å². The monoisotopic (exact) mass is 335 g/mol. The van der Waals surface area contributed by atoms with Gasteiger partial charge in [0.05, 0.1) is 11.8 Å². The predicted molar refractivity (Wildman–Crippen MR) is 82.8 cm³/mol. The highest BCUT2D eigenvalue weighted by atomic mass is 19.1. The minimum absolute atomic E-state index is 0.0710. The smallest absolute Gasteiger partial charge is 0.408 e. The minimum Gasteiger partial charge on any atom is -0.478 e. The van der Waals surface area contributed by atoms with E-state index in [1.165, 1.54) is 12.1 Å². The van der Waals surface area contributed by atoms with Gasteiger partial charge >= 0.3 is 6.09 Å². The van der Waals surface area contributed by atoms with Gasteiger partial charge in [-0.2, -0.15) is 5.26 Å². The maximum absolute atomic E-state index is 13.2. The average molecular weight is 335 g/mol. The molecule has 0 bridgehead atoms. The zero-order valence-electron chi connectivity index (χ0n) is 13.6. The van der Waals surface area contributed by atoms with Crippen molar-refractivity contribution in [2.45, 2.75) is 44.9 Å². The van der Waals surface area contributed by atoms with Gasteiger partial charge in [0.25, 0.3) is 5.91 Å². The summed E-state index contributed by atoms with van der Waals surface area (Å²) in [5.74, 6) is -0.716. The fraction of sp³-hybridized carbons (Fsp3) is 0.438. The third-order valence-corrected chi connectivity index (χ3v) is 3.06. The number of fused-ring (bicyclic) bond motifs is 1. The van der Waals surface area contributed by atoms with Crippen LogP contribution in [0, 0.1) is 17.1 Å². The molecule has 2 atom stereocenters. The number of rotatable bonds is 3. The second kappa shape index (κ2) is 6.74. The average Bonchev–Trinajstić information content (AvgIpc) is 2.45. The molecule has 7 nitrogen and oxygen atoms in total. The number of nitrogens with one attached hydrogen (secondary N) is 2. The highest BCUT2D eigenvalue weighted by Gasteiger charge is 2.31. The molecule has 0 spiro atoms. The van der Waals surface area contributed by atoms with Crippen LogP contribution in [0.4, 0.5) is 14.9 Å². The number of anilines is 1. The van der Waals surface area contributed by atoms with Crippen LogP contribution in [0.2, 0.25) is 0 Å². The largest absolute Gasteiger partial charge is 0.478 e. The van der Waals surface area contributed by atoms with Crippen LogP contribution >= 0.6 is 0 Å². The molecule has 1 aliphatic heterocycles. The first-order chi connectivity index (χ1) is 11.2. The number of halogens is 1. The third-order valence-electron chi connectivity index (χ3n) is 3.06. The number of carbonyl (C=O) groups excluding carboxylic acids is 2. The van der Waals surface area contributed by atoms with Crippen molar-refractivity contribution in [2.24, 2.45) is 0 Å². The SMILES string of the molecule is CC(C)(C)OC(=O)NC(C#N)C[C@@H]1Oc2ccc(F)cc2NC1=O. The van der Waals surface area contributed by atoms with E-state index in [2.05, 4.69) is 10.6 Å². The van der Waals surface area contributed by atoms with E-state index >= 15 is 0 Å². The molecule has 1 aromatic rings. The zero-order chi connectivity index (χ0) is 17.9. The Bertz CT molecular complexity index is 694. The van der Waals surface area contributed by atoms with Gasteiger partial charge in [0, 0.05) is 12.5 Å². The van der Waals surface area contributed by atoms with E-state index in [4.69, 9.17) is 14.7 Å². The Balaban J connectivity index is 2.01. The van der Waals surface area contributed by atoms with Crippen molar-refractivity contribution in [2.75, 3.05) is 5.32 Å². The standard InChI is InChI=1S/C16H18FN3O4/c1-16(2,3)24-15(22)19-10(8-18)7-13-14(21)20-11-6-9(17)4-5-12(11)23-13/h4-6,10,13H,7H2,1-3H3,(H,19,22)(H,20,21)/t10?,13-/m0/s1. The van der Waals surface area contributed by atoms with Gasteiger partial charge in [-0.3, -0.25) is 4.79 Å². The molecule has 1 unspecified atom stereocenters. The first-order valence-electron chi connectivity index (χ1n) is 7.34. The fourth-order valence-electron chi connectivity index (χ4n) is 2.09. The van der Waals surface area contributed by atoms with E-state index in [1.807, 2.05) is 6.07 Å². The molecule has 1 aliphatic rings. The summed E-state index contributed by atoms with van der Waals surface area (Å²) in [7, 11) is 0. The normalized spacial score (nSPS) is 17.6. The number of hydrogen-bond acceptors (Lipinski definition) is 5. The molecule has 1 aromatic carbocycles. The Kier molecular flexibility index (Phi) is 4.93. The fourth-order valence-corrected chi connectivity index (χ4v) is 2.09. The summed E-state index contributed by atoms with van der Waals surface area (Å²) >= 11 is 0. The van der Waals surface area contributed by atoms with Crippen LogP contribution in [-0.4, -0.2) is 29.7 Å². The molecule has 0 fully saturated rings. The van der Waals surface area contributed by atoms with Crippen LogP contribution in [0.25, 0.3) is 0 Å². The highest BCUT2D eigenvalue weighted by molar-refractivity contribution is 5.97. The number of hydrogen-bond donors (Lipinski definition) is 2. The van der Waals surface area contributed by atoms with E-state index in [9.17, 15) is 14.0 Å². The van der Waals surface area contributed by atoms with Crippen LogP contribution in [0.3, 0.4) is 0 Å². The molecule has 0 saturated heterocycles. The van der Waals surface area contributed by atoms with Crippen molar-refractivity contribution in [1.82, 2.24) is 5.32 Å². The van der Waals surface area contributed by atoms with Crippen LogP contribution < -0.4 is 15.4 Å². The van der Waals surface area contributed by atoms with Gasteiger partial charge in [-0.05, 0) is 32.9 Å². The van der Waals surface area contributed by atoms with Crippen molar-refractivity contribution in [3.63, 3.8) is 0 Å². The lowest BCUT2D eigenvalue weighted by Crippen LogP contribution is -2.45. The molecular weight excluding hydrogens is 317 g/mol. The first-order valence-corrected chi connectivity index (χ1v) is 7.34. The predicted octanol–water partition coefficient (Wildman–Crippen LogP) is 2.33. The van der Waals surface area contributed by atoms with E-state index in [0.717, 1.165) is 6.07 Å². The van der Waals surface area contributed by atoms with E-state index in [1.54, 1.807) is 20.8 Å². The molecule has 8 heteroatoms. The Morgan fingerprint density at radius 2 is 2.25 bits per heavy atom. The summed E-state index contributed by atoms with van der Waals surface area (Å²) in [4.78, 5) is 23.7. The molecule has 0 saturated carbocycles. The quantitative estimate of drug-likeness (QED) is 0.883. The number of ether oxygens (including phenoxy) is 2. The summed E-state index contributed by atoms with van der Waals surface area (Å²) in [5.41, 5.74) is -0.476. The van der Waals surface area contributed by atoms with Crippen LogP contribution in [0.1, 0.15) is 27.2 Å². The molecule has 2 amide bonds. The molecule has 2 rings (SSSR count). The van der Waals surface area contributed by atoms with Gasteiger partial charge in [-0.25, -0.2) is 9.18 Å². The summed E-state index contributed by atoms with van der Waals surface area (Å²) in [5, 5.41) is 14.1. The summed E-state index contributed by atoms with van der Waals surface area (Å²) < 4.78 is 23.7. The summed E-state index contributed by atoms with van der Waals surface area (Å²) in [6.07, 6.45) is -1.81. The molecule has 0 radical (unpaired) electrons.